The standard InChI is InChI=1S/C16H9BClN3O5/c18-10-2-4-13-8(5-10)6-11(16(22)25-13)15-20-14(21-26-15)12-3-1-9(7-19-12)17(23)24/h1-7,23-24H. The van der Waals surface area contributed by atoms with Crippen molar-refractivity contribution >= 4 is 35.2 Å². The fourth-order valence-corrected chi connectivity index (χ4v) is 2.55. The van der Waals surface area contributed by atoms with Gasteiger partial charge in [-0.1, -0.05) is 22.8 Å². The molecule has 26 heavy (non-hydrogen) atoms. The van der Waals surface area contributed by atoms with E-state index in [4.69, 9.17) is 30.6 Å². The van der Waals surface area contributed by atoms with Crippen LogP contribution in [0.15, 0.2) is 56.3 Å². The molecule has 2 N–H and O–H groups in total. The molecular weight excluding hydrogens is 360 g/mol. The van der Waals surface area contributed by atoms with E-state index in [2.05, 4.69) is 15.1 Å². The van der Waals surface area contributed by atoms with Crippen LogP contribution in [0, 0.1) is 0 Å². The number of benzene rings is 1. The zero-order valence-corrected chi connectivity index (χ0v) is 13.7. The van der Waals surface area contributed by atoms with Crippen LogP contribution in [0.1, 0.15) is 0 Å². The predicted octanol–water partition coefficient (Wildman–Crippen LogP) is 1.24. The smallest absolute Gasteiger partial charge is 0.423 e. The lowest BCUT2D eigenvalue weighted by Gasteiger charge is -1.99. The third kappa shape index (κ3) is 2.99. The summed E-state index contributed by atoms with van der Waals surface area (Å²) in [6.45, 7) is 0. The number of hydrogen-bond donors (Lipinski definition) is 2. The first-order valence-electron chi connectivity index (χ1n) is 7.41. The van der Waals surface area contributed by atoms with Crippen molar-refractivity contribution in [3.63, 3.8) is 0 Å². The number of aromatic nitrogens is 3. The Morgan fingerprint density at radius 2 is 1.96 bits per heavy atom. The Morgan fingerprint density at radius 3 is 2.69 bits per heavy atom. The van der Waals surface area contributed by atoms with Crippen LogP contribution in [0.4, 0.5) is 0 Å². The van der Waals surface area contributed by atoms with Gasteiger partial charge in [0, 0.05) is 22.1 Å². The van der Waals surface area contributed by atoms with Crippen molar-refractivity contribution in [3.05, 3.63) is 58.0 Å². The molecule has 3 aromatic heterocycles. The van der Waals surface area contributed by atoms with E-state index in [1.807, 2.05) is 0 Å². The van der Waals surface area contributed by atoms with Crippen LogP contribution < -0.4 is 11.1 Å². The summed E-state index contributed by atoms with van der Waals surface area (Å²) in [4.78, 5) is 20.4. The second-order valence-electron chi connectivity index (χ2n) is 5.40. The molecule has 0 unspecified atom stereocenters. The zero-order chi connectivity index (χ0) is 18.3. The van der Waals surface area contributed by atoms with E-state index in [1.54, 1.807) is 24.3 Å². The monoisotopic (exact) mass is 369 g/mol. The van der Waals surface area contributed by atoms with Crippen molar-refractivity contribution in [1.82, 2.24) is 15.1 Å². The molecule has 0 bridgehead atoms. The molecule has 0 aliphatic rings. The highest BCUT2D eigenvalue weighted by Gasteiger charge is 2.18. The summed E-state index contributed by atoms with van der Waals surface area (Å²) < 4.78 is 10.4. The van der Waals surface area contributed by atoms with E-state index >= 15 is 0 Å². The fraction of sp³-hybridized carbons (Fsp3) is 0. The van der Waals surface area contributed by atoms with Gasteiger partial charge in [0.05, 0.1) is 0 Å². The first-order valence-corrected chi connectivity index (χ1v) is 7.79. The van der Waals surface area contributed by atoms with Crippen molar-refractivity contribution in [2.24, 2.45) is 0 Å². The minimum absolute atomic E-state index is 0.0244. The van der Waals surface area contributed by atoms with Gasteiger partial charge in [-0.15, -0.1) is 0 Å². The number of fused-ring (bicyclic) bond motifs is 1. The molecule has 4 rings (SSSR count). The number of halogens is 1. The summed E-state index contributed by atoms with van der Waals surface area (Å²) in [6, 6.07) is 9.41. The molecule has 0 radical (unpaired) electrons. The van der Waals surface area contributed by atoms with Crippen LogP contribution in [0.25, 0.3) is 33.9 Å². The summed E-state index contributed by atoms with van der Waals surface area (Å²) >= 11 is 5.96. The Labute approximate surface area is 150 Å². The minimum atomic E-state index is -1.62. The van der Waals surface area contributed by atoms with Gasteiger partial charge in [0.15, 0.2) is 0 Å². The molecule has 0 atom stereocenters. The summed E-state index contributed by atoms with van der Waals surface area (Å²) in [5, 5.41) is 23.1. The third-order valence-corrected chi connectivity index (χ3v) is 3.90. The van der Waals surface area contributed by atoms with E-state index in [-0.39, 0.29) is 22.7 Å². The molecule has 0 saturated carbocycles. The van der Waals surface area contributed by atoms with Crippen LogP contribution in [0.5, 0.6) is 0 Å². The van der Waals surface area contributed by atoms with Crippen LogP contribution >= 0.6 is 11.6 Å². The quantitative estimate of drug-likeness (QED) is 0.408. The van der Waals surface area contributed by atoms with E-state index in [0.717, 1.165) is 0 Å². The molecule has 1 aromatic carbocycles. The van der Waals surface area contributed by atoms with Crippen molar-refractivity contribution in [2.75, 3.05) is 0 Å². The molecule has 0 aliphatic heterocycles. The second kappa shape index (κ2) is 6.38. The maximum Gasteiger partial charge on any atom is 0.490 e. The van der Waals surface area contributed by atoms with Crippen LogP contribution in [0.3, 0.4) is 0 Å². The highest BCUT2D eigenvalue weighted by Crippen LogP contribution is 2.24. The van der Waals surface area contributed by atoms with Crippen LogP contribution in [0.2, 0.25) is 5.02 Å². The lowest BCUT2D eigenvalue weighted by Crippen LogP contribution is -2.29. The average molecular weight is 370 g/mol. The van der Waals surface area contributed by atoms with Gasteiger partial charge in [-0.05, 0) is 30.3 Å². The number of hydrogen-bond acceptors (Lipinski definition) is 8. The van der Waals surface area contributed by atoms with Gasteiger partial charge < -0.3 is 19.0 Å². The largest absolute Gasteiger partial charge is 0.490 e. The lowest BCUT2D eigenvalue weighted by molar-refractivity contribution is 0.425. The first-order chi connectivity index (χ1) is 12.5. The Hall–Kier alpha value is -3.01. The van der Waals surface area contributed by atoms with Crippen molar-refractivity contribution in [1.29, 1.82) is 0 Å². The van der Waals surface area contributed by atoms with E-state index < -0.39 is 12.7 Å². The topological polar surface area (TPSA) is 122 Å². The molecule has 4 aromatic rings. The normalized spacial score (nSPS) is 11.0. The van der Waals surface area contributed by atoms with E-state index in [0.29, 0.717) is 21.7 Å². The molecule has 0 fully saturated rings. The van der Waals surface area contributed by atoms with Gasteiger partial charge in [-0.25, -0.2) is 4.79 Å². The lowest BCUT2D eigenvalue weighted by atomic mass is 9.82. The van der Waals surface area contributed by atoms with Gasteiger partial charge in [-0.3, -0.25) is 4.98 Å². The van der Waals surface area contributed by atoms with Crippen molar-refractivity contribution in [2.45, 2.75) is 0 Å². The second-order valence-corrected chi connectivity index (χ2v) is 5.84. The maximum atomic E-state index is 12.2. The maximum absolute atomic E-state index is 12.2. The minimum Gasteiger partial charge on any atom is -0.423 e. The SMILES string of the molecule is O=c1oc2ccc(Cl)cc2cc1-c1nc(-c2ccc(B(O)O)cn2)no1. The van der Waals surface area contributed by atoms with Crippen molar-refractivity contribution < 1.29 is 19.0 Å². The number of nitrogens with zero attached hydrogens (tertiary/aromatic N) is 3. The first kappa shape index (κ1) is 16.5. The zero-order valence-electron chi connectivity index (χ0n) is 13.0. The van der Waals surface area contributed by atoms with Gasteiger partial charge in [0.25, 0.3) is 5.89 Å². The van der Waals surface area contributed by atoms with Gasteiger partial charge in [0.2, 0.25) is 5.82 Å². The summed E-state index contributed by atoms with van der Waals surface area (Å²) in [6.07, 6.45) is 1.28. The molecule has 8 nitrogen and oxygen atoms in total. The van der Waals surface area contributed by atoms with Crippen molar-refractivity contribution in [3.8, 4) is 23.0 Å². The van der Waals surface area contributed by atoms with Gasteiger partial charge >= 0.3 is 12.7 Å². The van der Waals surface area contributed by atoms with Crippen LogP contribution in [-0.4, -0.2) is 32.3 Å². The number of rotatable bonds is 3. The summed E-state index contributed by atoms with van der Waals surface area (Å²) in [5.41, 5.74) is 0.437. The Morgan fingerprint density at radius 1 is 1.12 bits per heavy atom. The Kier molecular flexibility index (Phi) is 4.04. The fourth-order valence-electron chi connectivity index (χ4n) is 2.37. The molecule has 0 saturated heterocycles. The highest BCUT2D eigenvalue weighted by molar-refractivity contribution is 6.58. The average Bonchev–Trinajstić information content (AvgIpc) is 3.11. The molecule has 0 spiro atoms. The van der Waals surface area contributed by atoms with Gasteiger partial charge in [0.1, 0.15) is 16.8 Å². The number of pyridine rings is 1. The van der Waals surface area contributed by atoms with E-state index in [1.165, 1.54) is 18.3 Å². The molecular formula is C16H9BClN3O5. The molecule has 128 valence electrons. The van der Waals surface area contributed by atoms with E-state index in [9.17, 15) is 4.79 Å². The summed E-state index contributed by atoms with van der Waals surface area (Å²) in [5.74, 6) is 0.119. The molecule has 0 amide bonds. The third-order valence-electron chi connectivity index (χ3n) is 3.66. The van der Waals surface area contributed by atoms with Crippen LogP contribution in [-0.2, 0) is 0 Å². The Balaban J connectivity index is 1.75. The Bertz CT molecular complexity index is 1160. The van der Waals surface area contributed by atoms with Gasteiger partial charge in [-0.2, -0.15) is 4.98 Å². The molecule has 0 aliphatic carbocycles. The predicted molar refractivity (Wildman–Crippen MR) is 93.8 cm³/mol. The molecule has 3 heterocycles. The summed E-state index contributed by atoms with van der Waals surface area (Å²) in [7, 11) is -1.62. The highest BCUT2D eigenvalue weighted by atomic mass is 35.5. The molecule has 10 heteroatoms.